The van der Waals surface area contributed by atoms with Crippen molar-refractivity contribution in [2.45, 2.75) is 57.4 Å². The molecule has 7 rings (SSSR count). The number of Topliss-reactive ketones (excluding diaryl/α,β-unsaturated/α-hetero) is 1. The van der Waals surface area contributed by atoms with Gasteiger partial charge in [0.05, 0.1) is 12.3 Å². The topological polar surface area (TPSA) is 109 Å². The minimum absolute atomic E-state index is 0.0290. The average Bonchev–Trinajstić information content (AvgIpc) is 3.10. The molecule has 0 radical (unpaired) electrons. The number of hydrogen-bond acceptors (Lipinski definition) is 4. The third kappa shape index (κ3) is 5.96. The molecule has 6 nitrogen and oxygen atoms in total. The molecule has 5 aromatic rings. The van der Waals surface area contributed by atoms with E-state index in [1.807, 2.05) is 42.5 Å². The SMILES string of the molecule is Cc1ccc2c(c1)CC(C(=O)c1ccc(NC(=O)c3ccccc3-c3ccc(CN)cc3)cc1)c1c-2ccc2c1CCCC2CC(=O)O. The van der Waals surface area contributed by atoms with Crippen LogP contribution in [0.1, 0.15) is 85.2 Å². The van der Waals surface area contributed by atoms with E-state index in [4.69, 9.17) is 5.73 Å². The number of rotatable bonds is 8. The molecule has 1 amide bonds. The fourth-order valence-electron chi connectivity index (χ4n) is 7.65. The van der Waals surface area contributed by atoms with Crippen LogP contribution in [0.4, 0.5) is 5.69 Å². The highest BCUT2D eigenvalue weighted by atomic mass is 16.4. The minimum Gasteiger partial charge on any atom is -0.481 e. The third-order valence-corrected chi connectivity index (χ3v) is 9.97. The fourth-order valence-corrected chi connectivity index (χ4v) is 7.65. The molecule has 2 aliphatic carbocycles. The number of amides is 1. The highest BCUT2D eigenvalue weighted by Crippen LogP contribution is 2.47. The van der Waals surface area contributed by atoms with Gasteiger partial charge in [-0.2, -0.15) is 0 Å². The summed E-state index contributed by atoms with van der Waals surface area (Å²) >= 11 is 0. The Morgan fingerprint density at radius 1 is 0.854 bits per heavy atom. The minimum atomic E-state index is -0.796. The summed E-state index contributed by atoms with van der Waals surface area (Å²) in [5, 5.41) is 12.6. The summed E-state index contributed by atoms with van der Waals surface area (Å²) in [4.78, 5) is 39.6. The van der Waals surface area contributed by atoms with E-state index in [0.29, 0.717) is 29.8 Å². The van der Waals surface area contributed by atoms with Crippen molar-refractivity contribution in [1.82, 2.24) is 0 Å². The Kier molecular flexibility index (Phi) is 8.50. The fraction of sp³-hybridized carbons (Fsp3) is 0.214. The maximum atomic E-state index is 14.4. The Morgan fingerprint density at radius 3 is 2.35 bits per heavy atom. The van der Waals surface area contributed by atoms with Gasteiger partial charge in [0.1, 0.15) is 0 Å². The average molecular weight is 635 g/mol. The van der Waals surface area contributed by atoms with Crippen molar-refractivity contribution in [2.75, 3.05) is 5.32 Å². The van der Waals surface area contributed by atoms with Gasteiger partial charge in [0.25, 0.3) is 5.91 Å². The first-order chi connectivity index (χ1) is 23.3. The summed E-state index contributed by atoms with van der Waals surface area (Å²) in [5.41, 5.74) is 18.1. The molecule has 2 atom stereocenters. The van der Waals surface area contributed by atoms with Gasteiger partial charge >= 0.3 is 5.97 Å². The van der Waals surface area contributed by atoms with Crippen LogP contribution in [0, 0.1) is 6.92 Å². The number of aliphatic carboxylic acids is 1. The molecule has 4 N–H and O–H groups in total. The zero-order chi connectivity index (χ0) is 33.4. The van der Waals surface area contributed by atoms with E-state index in [9.17, 15) is 19.5 Å². The number of aryl methyl sites for hydroxylation is 1. The van der Waals surface area contributed by atoms with Crippen molar-refractivity contribution < 1.29 is 19.5 Å². The van der Waals surface area contributed by atoms with E-state index < -0.39 is 5.97 Å². The molecular formula is C42H38N2O4. The van der Waals surface area contributed by atoms with E-state index in [1.54, 1.807) is 30.3 Å². The smallest absolute Gasteiger partial charge is 0.303 e. The standard InChI is InChI=1S/C42H38N2O4/c1-25-9-18-34-30(21-25)22-38(40-35-8-4-5-29(23-39(45)46)33(35)19-20-36(34)40)41(47)28-14-16-31(17-15-28)44-42(48)37-7-3-2-6-32(37)27-12-10-26(24-43)11-13-27/h2-3,6-7,9-21,29,38H,4-5,8,22-24,43H2,1H3,(H,44,48)(H,45,46). The molecule has 240 valence electrons. The molecule has 2 unspecified atom stereocenters. The number of fused-ring (bicyclic) bond motifs is 5. The molecule has 2 aliphatic rings. The molecule has 0 heterocycles. The van der Waals surface area contributed by atoms with Gasteiger partial charge in [-0.3, -0.25) is 14.4 Å². The summed E-state index contributed by atoms with van der Waals surface area (Å²) in [6.07, 6.45) is 3.26. The van der Waals surface area contributed by atoms with Crippen LogP contribution in [-0.4, -0.2) is 22.8 Å². The number of nitrogens with one attached hydrogen (secondary N) is 1. The molecule has 0 bridgehead atoms. The van der Waals surface area contributed by atoms with E-state index in [-0.39, 0.29) is 29.9 Å². The number of carboxylic acids is 1. The number of anilines is 1. The summed E-state index contributed by atoms with van der Waals surface area (Å²) in [6, 6.07) is 33.2. The number of ketones is 1. The van der Waals surface area contributed by atoms with Crippen LogP contribution in [0.25, 0.3) is 22.3 Å². The third-order valence-electron chi connectivity index (χ3n) is 9.97. The lowest BCUT2D eigenvalue weighted by Gasteiger charge is -2.34. The molecule has 0 saturated carbocycles. The molecule has 0 saturated heterocycles. The number of carboxylic acid groups (broad SMARTS) is 1. The van der Waals surface area contributed by atoms with Crippen molar-refractivity contribution in [3.8, 4) is 22.3 Å². The number of hydrogen-bond donors (Lipinski definition) is 3. The van der Waals surface area contributed by atoms with Gasteiger partial charge in [0, 0.05) is 23.4 Å². The van der Waals surface area contributed by atoms with Gasteiger partial charge in [-0.05, 0) is 119 Å². The van der Waals surface area contributed by atoms with Gasteiger partial charge in [-0.1, -0.05) is 78.4 Å². The zero-order valence-electron chi connectivity index (χ0n) is 27.0. The quantitative estimate of drug-likeness (QED) is 0.148. The molecule has 5 aromatic carbocycles. The van der Waals surface area contributed by atoms with E-state index in [0.717, 1.165) is 74.9 Å². The molecule has 0 fully saturated rings. The molecule has 48 heavy (non-hydrogen) atoms. The van der Waals surface area contributed by atoms with Crippen molar-refractivity contribution in [3.05, 3.63) is 148 Å². The van der Waals surface area contributed by atoms with Gasteiger partial charge in [0.2, 0.25) is 0 Å². The van der Waals surface area contributed by atoms with Gasteiger partial charge < -0.3 is 16.2 Å². The van der Waals surface area contributed by atoms with Crippen molar-refractivity contribution in [2.24, 2.45) is 5.73 Å². The van der Waals surface area contributed by atoms with Crippen LogP contribution in [-0.2, 0) is 24.2 Å². The van der Waals surface area contributed by atoms with Gasteiger partial charge in [-0.25, -0.2) is 0 Å². The number of benzene rings is 5. The molecule has 0 aliphatic heterocycles. The molecular weight excluding hydrogens is 596 g/mol. The van der Waals surface area contributed by atoms with Crippen LogP contribution < -0.4 is 11.1 Å². The number of carbonyl (C=O) groups is 3. The van der Waals surface area contributed by atoms with Crippen LogP contribution >= 0.6 is 0 Å². The zero-order valence-corrected chi connectivity index (χ0v) is 27.0. The maximum absolute atomic E-state index is 14.4. The lowest BCUT2D eigenvalue weighted by atomic mass is 9.69. The first-order valence-corrected chi connectivity index (χ1v) is 16.6. The Balaban J connectivity index is 1.18. The van der Waals surface area contributed by atoms with Crippen molar-refractivity contribution in [3.63, 3.8) is 0 Å². The largest absolute Gasteiger partial charge is 0.481 e. The van der Waals surface area contributed by atoms with Crippen molar-refractivity contribution >= 4 is 23.3 Å². The Hall–Kier alpha value is -5.33. The van der Waals surface area contributed by atoms with E-state index in [2.05, 4.69) is 42.6 Å². The monoisotopic (exact) mass is 634 g/mol. The highest BCUT2D eigenvalue weighted by Gasteiger charge is 2.36. The second-order valence-electron chi connectivity index (χ2n) is 13.0. The summed E-state index contributed by atoms with van der Waals surface area (Å²) in [7, 11) is 0. The highest BCUT2D eigenvalue weighted by molar-refractivity contribution is 6.09. The Morgan fingerprint density at radius 2 is 1.60 bits per heavy atom. The molecule has 6 heteroatoms. The maximum Gasteiger partial charge on any atom is 0.303 e. The van der Waals surface area contributed by atoms with Crippen molar-refractivity contribution in [1.29, 1.82) is 0 Å². The van der Waals surface area contributed by atoms with E-state index in [1.165, 1.54) is 0 Å². The second-order valence-corrected chi connectivity index (χ2v) is 13.0. The predicted octanol–water partition coefficient (Wildman–Crippen LogP) is 8.46. The lowest BCUT2D eigenvalue weighted by Crippen LogP contribution is -2.25. The second kappa shape index (κ2) is 13.1. The molecule has 0 aromatic heterocycles. The van der Waals surface area contributed by atoms with Crippen LogP contribution in [0.3, 0.4) is 0 Å². The summed E-state index contributed by atoms with van der Waals surface area (Å²) in [6.45, 7) is 2.52. The predicted molar refractivity (Wildman–Crippen MR) is 189 cm³/mol. The first-order valence-electron chi connectivity index (χ1n) is 16.6. The number of nitrogens with two attached hydrogens (primary N) is 1. The van der Waals surface area contributed by atoms with Crippen LogP contribution in [0.15, 0.2) is 103 Å². The first kappa shape index (κ1) is 31.3. The van der Waals surface area contributed by atoms with Crippen LogP contribution in [0.5, 0.6) is 0 Å². The summed E-state index contributed by atoms with van der Waals surface area (Å²) < 4.78 is 0. The van der Waals surface area contributed by atoms with Gasteiger partial charge in [-0.15, -0.1) is 0 Å². The van der Waals surface area contributed by atoms with E-state index >= 15 is 0 Å². The Bertz CT molecular complexity index is 2050. The van der Waals surface area contributed by atoms with Gasteiger partial charge in [0.15, 0.2) is 5.78 Å². The lowest BCUT2D eigenvalue weighted by molar-refractivity contribution is -0.137. The normalized spacial score (nSPS) is 16.3. The number of carbonyl (C=O) groups excluding carboxylic acids is 2. The van der Waals surface area contributed by atoms with Crippen LogP contribution in [0.2, 0.25) is 0 Å². The molecule has 0 spiro atoms. The summed E-state index contributed by atoms with van der Waals surface area (Å²) in [5.74, 6) is -1.43. The Labute approximate surface area is 280 Å².